The highest BCUT2D eigenvalue weighted by atomic mass is 16.4. The highest BCUT2D eigenvalue weighted by Crippen LogP contribution is 2.14. The van der Waals surface area contributed by atoms with Gasteiger partial charge in [0, 0.05) is 12.8 Å². The van der Waals surface area contributed by atoms with Crippen LogP contribution in [0.15, 0.2) is 60.7 Å². The van der Waals surface area contributed by atoms with Crippen molar-refractivity contribution in [3.05, 3.63) is 71.8 Å². The quantitative estimate of drug-likeness (QED) is 0.0392. The maximum atomic E-state index is 14.8. The number of amides is 8. The number of unbranched alkanes of at least 4 members (excludes halogenated alkanes) is 5. The van der Waals surface area contributed by atoms with Gasteiger partial charge in [-0.25, -0.2) is 4.79 Å². The lowest BCUT2D eigenvalue weighted by Crippen LogP contribution is -2.61. The molecule has 8 amide bonds. The van der Waals surface area contributed by atoms with Crippen LogP contribution < -0.4 is 76.9 Å². The summed E-state index contributed by atoms with van der Waals surface area (Å²) in [7, 11) is 0. The maximum Gasteiger partial charge on any atom is 0.326 e. The molecule has 0 aliphatic heterocycles. The first kappa shape index (κ1) is 72.5. The second kappa shape index (κ2) is 41.4. The van der Waals surface area contributed by atoms with Gasteiger partial charge in [-0.1, -0.05) is 94.8 Å². The molecule has 0 unspecified atom stereocenters. The van der Waals surface area contributed by atoms with Crippen LogP contribution in [0.3, 0.4) is 0 Å². The van der Waals surface area contributed by atoms with Crippen LogP contribution in [0.25, 0.3) is 0 Å². The molecule has 2 rings (SSSR count). The van der Waals surface area contributed by atoms with Crippen molar-refractivity contribution >= 4 is 53.2 Å². The molecule has 21 N–H and O–H groups in total. The average Bonchev–Trinajstić information content (AvgIpc) is 3.49. The van der Waals surface area contributed by atoms with E-state index in [2.05, 4.69) is 42.5 Å². The molecule has 0 aliphatic carbocycles. The van der Waals surface area contributed by atoms with E-state index in [9.17, 15) is 48.3 Å². The molecule has 0 aliphatic rings. The smallest absolute Gasteiger partial charge is 0.326 e. The highest BCUT2D eigenvalue weighted by molar-refractivity contribution is 5.98. The van der Waals surface area contributed by atoms with E-state index in [4.69, 9.17) is 34.4 Å². The number of nitrogens with two attached hydrogens (primary N) is 6. The van der Waals surface area contributed by atoms with Gasteiger partial charge in [0.15, 0.2) is 0 Å². The Morgan fingerprint density at radius 3 is 1.02 bits per heavy atom. The summed E-state index contributed by atoms with van der Waals surface area (Å²) in [5.41, 5.74) is 36.1. The SMILES string of the molecule is CC(C)C[C@H](NC(=O)[C@@H](N)CCCCN)C(=O)N[C@H](C(=O)N[C@@H](Cc1ccccc1)C(=O)N[C@@H](Cc1ccccc1)C(=O)N[C@@H](CCCCN)C(=O)N[C@@H](CCCCN)C(=O)N[C@@H](CCCCN)C(=O)N[C@@H](CCCCN)C(=O)O)C(C)C. The van der Waals surface area contributed by atoms with Gasteiger partial charge in [0.25, 0.3) is 0 Å². The standard InChI is InChI=1S/C59H100N14O10/c1-38(2)35-47(70-51(74)42(65)25-11-16-30-60)57(80)73-50(39(3)4)58(81)72-49(37-41-23-9-6-10-24-41)56(79)71-48(36-40-21-7-5-8-22-40)55(78)68-44(27-13-18-32-62)53(76)66-43(26-12-17-31-61)52(75)67-45(28-14-19-33-63)54(77)69-46(59(82)83)29-15-20-34-64/h5-10,21-24,38-39,42-50H,11-20,25-37,60-65H2,1-4H3,(H,66,76)(H,67,75)(H,68,78)(H,69,77)(H,70,74)(H,71,79)(H,72,81)(H,73,80)(H,82,83)/t42-,43-,44-,45-,46-,47-,48-,49-,50-/m0/s1. The topological polar surface area (TPSA) is 426 Å². The van der Waals surface area contributed by atoms with Gasteiger partial charge in [0.05, 0.1) is 6.04 Å². The molecule has 0 saturated carbocycles. The molecule has 9 atom stereocenters. The largest absolute Gasteiger partial charge is 0.480 e. The van der Waals surface area contributed by atoms with Gasteiger partial charge in [-0.3, -0.25) is 38.4 Å². The minimum atomic E-state index is -1.34. The molecule has 0 heterocycles. The van der Waals surface area contributed by atoms with E-state index in [1.807, 2.05) is 13.8 Å². The molecule has 2 aromatic carbocycles. The zero-order valence-electron chi connectivity index (χ0n) is 49.5. The Morgan fingerprint density at radius 2 is 0.675 bits per heavy atom. The van der Waals surface area contributed by atoms with Gasteiger partial charge >= 0.3 is 5.97 Å². The summed E-state index contributed by atoms with van der Waals surface area (Å²) in [5.74, 6) is -7.30. The first-order valence-corrected chi connectivity index (χ1v) is 29.7. The monoisotopic (exact) mass is 1160 g/mol. The molecule has 83 heavy (non-hydrogen) atoms. The third-order valence-electron chi connectivity index (χ3n) is 14.0. The van der Waals surface area contributed by atoms with Crippen molar-refractivity contribution in [3.63, 3.8) is 0 Å². The lowest BCUT2D eigenvalue weighted by molar-refractivity contribution is -0.142. The molecular weight excluding hydrogens is 1060 g/mol. The van der Waals surface area contributed by atoms with Crippen molar-refractivity contribution in [1.29, 1.82) is 0 Å². The van der Waals surface area contributed by atoms with E-state index < -0.39 is 114 Å². The molecule has 24 nitrogen and oxygen atoms in total. The van der Waals surface area contributed by atoms with E-state index in [-0.39, 0.29) is 64.0 Å². The number of aliphatic carboxylic acids is 1. The van der Waals surface area contributed by atoms with Gasteiger partial charge in [-0.15, -0.1) is 0 Å². The predicted octanol–water partition coefficient (Wildman–Crippen LogP) is 0.109. The van der Waals surface area contributed by atoms with Crippen LogP contribution >= 0.6 is 0 Å². The number of rotatable bonds is 44. The number of hydrogen-bond acceptors (Lipinski definition) is 15. The Morgan fingerprint density at radius 1 is 0.373 bits per heavy atom. The summed E-state index contributed by atoms with van der Waals surface area (Å²) in [4.78, 5) is 126. The zero-order chi connectivity index (χ0) is 61.7. The Hall–Kier alpha value is -6.57. The van der Waals surface area contributed by atoms with E-state index in [0.29, 0.717) is 101 Å². The zero-order valence-corrected chi connectivity index (χ0v) is 49.5. The summed E-state index contributed by atoms with van der Waals surface area (Å²) in [6.07, 6.45) is 5.90. The van der Waals surface area contributed by atoms with Crippen LogP contribution in [0.4, 0.5) is 0 Å². The third-order valence-corrected chi connectivity index (χ3v) is 14.0. The predicted molar refractivity (Wildman–Crippen MR) is 320 cm³/mol. The van der Waals surface area contributed by atoms with E-state index >= 15 is 0 Å². The Labute approximate surface area is 490 Å². The van der Waals surface area contributed by atoms with Crippen LogP contribution in [0.5, 0.6) is 0 Å². The molecule has 0 aromatic heterocycles. The second-order valence-corrected chi connectivity index (χ2v) is 22.0. The van der Waals surface area contributed by atoms with Crippen LogP contribution in [0.1, 0.15) is 142 Å². The van der Waals surface area contributed by atoms with Crippen molar-refractivity contribution in [2.45, 2.75) is 198 Å². The number of benzene rings is 2. The van der Waals surface area contributed by atoms with E-state index in [1.54, 1.807) is 74.5 Å². The first-order chi connectivity index (χ1) is 39.7. The van der Waals surface area contributed by atoms with Crippen molar-refractivity contribution in [3.8, 4) is 0 Å². The third kappa shape index (κ3) is 29.0. The molecule has 0 saturated heterocycles. The normalized spacial score (nSPS) is 14.6. The summed E-state index contributed by atoms with van der Waals surface area (Å²) in [6.45, 7) is 8.89. The van der Waals surface area contributed by atoms with Crippen LogP contribution in [0.2, 0.25) is 0 Å². The summed E-state index contributed by atoms with van der Waals surface area (Å²) >= 11 is 0. The van der Waals surface area contributed by atoms with Gasteiger partial charge in [0.1, 0.15) is 48.3 Å². The minimum Gasteiger partial charge on any atom is -0.480 e. The Balaban J connectivity index is 2.55. The van der Waals surface area contributed by atoms with Crippen LogP contribution in [0, 0.1) is 11.8 Å². The van der Waals surface area contributed by atoms with Gasteiger partial charge in [-0.2, -0.15) is 0 Å². The summed E-state index contributed by atoms with van der Waals surface area (Å²) < 4.78 is 0. The van der Waals surface area contributed by atoms with E-state index in [0.717, 1.165) is 0 Å². The lowest BCUT2D eigenvalue weighted by Gasteiger charge is -2.29. The lowest BCUT2D eigenvalue weighted by atomic mass is 9.98. The van der Waals surface area contributed by atoms with Crippen molar-refractivity contribution in [2.75, 3.05) is 32.7 Å². The van der Waals surface area contributed by atoms with Gasteiger partial charge < -0.3 is 82.0 Å². The molecule has 466 valence electrons. The number of nitrogens with one attached hydrogen (secondary N) is 8. The van der Waals surface area contributed by atoms with E-state index in [1.165, 1.54) is 0 Å². The summed E-state index contributed by atoms with van der Waals surface area (Å²) in [6, 6.07) is 7.06. The van der Waals surface area contributed by atoms with Crippen LogP contribution in [-0.2, 0) is 56.0 Å². The van der Waals surface area contributed by atoms with Crippen molar-refractivity contribution in [1.82, 2.24) is 42.5 Å². The number of hydrogen-bond donors (Lipinski definition) is 15. The molecule has 0 bridgehead atoms. The Bertz CT molecular complexity index is 2260. The average molecular weight is 1170 g/mol. The molecule has 24 heteroatoms. The first-order valence-electron chi connectivity index (χ1n) is 29.7. The van der Waals surface area contributed by atoms with Gasteiger partial charge in [-0.05, 0) is 152 Å². The minimum absolute atomic E-state index is 0.0346. The van der Waals surface area contributed by atoms with Gasteiger partial charge in [0.2, 0.25) is 47.3 Å². The Kier molecular flexibility index (Phi) is 36.2. The number of carboxylic acid groups (broad SMARTS) is 1. The maximum absolute atomic E-state index is 14.8. The summed E-state index contributed by atoms with van der Waals surface area (Å²) in [5, 5.41) is 32.0. The number of carboxylic acids is 1. The fourth-order valence-electron chi connectivity index (χ4n) is 9.19. The highest BCUT2D eigenvalue weighted by Gasteiger charge is 2.36. The number of carbonyl (C=O) groups is 9. The molecule has 2 aromatic rings. The fourth-order valence-corrected chi connectivity index (χ4v) is 9.19. The molecule has 0 fully saturated rings. The molecule has 0 spiro atoms. The number of carbonyl (C=O) groups excluding carboxylic acids is 8. The fraction of sp³-hybridized carbons (Fsp3) is 0.644. The van der Waals surface area contributed by atoms with Crippen molar-refractivity contribution < 1.29 is 48.3 Å². The van der Waals surface area contributed by atoms with Crippen LogP contribution in [-0.4, -0.2) is 145 Å². The molecule has 0 radical (unpaired) electrons. The van der Waals surface area contributed by atoms with Crippen molar-refractivity contribution in [2.24, 2.45) is 46.2 Å². The second-order valence-electron chi connectivity index (χ2n) is 22.0. The molecular formula is C59H100N14O10.